The predicted octanol–water partition coefficient (Wildman–Crippen LogP) is 2.72. The number of carbonyl (C=O) groups excluding carboxylic acids is 1. The zero-order valence-corrected chi connectivity index (χ0v) is 11.9. The minimum atomic E-state index is -0.367. The predicted molar refractivity (Wildman–Crippen MR) is 72.3 cm³/mol. The van der Waals surface area contributed by atoms with Crippen LogP contribution >= 0.6 is 15.9 Å². The first-order chi connectivity index (χ1) is 9.06. The summed E-state index contributed by atoms with van der Waals surface area (Å²) in [5.41, 5.74) is 0.501. The van der Waals surface area contributed by atoms with Crippen LogP contribution in [0.4, 0.5) is 4.39 Å². The fraction of sp³-hybridized carbons (Fsp3) is 0.500. The lowest BCUT2D eigenvalue weighted by molar-refractivity contribution is 0.0287. The third-order valence-corrected chi connectivity index (χ3v) is 4.72. The molecule has 0 aliphatic carbocycles. The Morgan fingerprint density at radius 2 is 1.95 bits per heavy atom. The number of benzene rings is 1. The van der Waals surface area contributed by atoms with Crippen molar-refractivity contribution < 1.29 is 14.3 Å². The summed E-state index contributed by atoms with van der Waals surface area (Å²) in [6, 6.07) is 4.61. The van der Waals surface area contributed by atoms with Gasteiger partial charge in [-0.3, -0.25) is 4.79 Å². The van der Waals surface area contributed by atoms with Gasteiger partial charge < -0.3 is 10.0 Å². The van der Waals surface area contributed by atoms with Crippen LogP contribution in [-0.2, 0) is 0 Å². The highest BCUT2D eigenvalue weighted by Crippen LogP contribution is 2.37. The fourth-order valence-electron chi connectivity index (χ4n) is 3.26. The Kier molecular flexibility index (Phi) is 3.35. The highest BCUT2D eigenvalue weighted by molar-refractivity contribution is 9.10. The summed E-state index contributed by atoms with van der Waals surface area (Å²) in [4.78, 5) is 14.4. The van der Waals surface area contributed by atoms with Gasteiger partial charge in [-0.1, -0.05) is 0 Å². The molecule has 2 heterocycles. The number of nitrogens with zero attached hydrogens (tertiary/aromatic N) is 1. The van der Waals surface area contributed by atoms with Crippen molar-refractivity contribution in [1.82, 2.24) is 4.90 Å². The first-order valence-electron chi connectivity index (χ1n) is 6.52. The molecule has 19 heavy (non-hydrogen) atoms. The van der Waals surface area contributed by atoms with Gasteiger partial charge in [-0.2, -0.15) is 0 Å². The van der Waals surface area contributed by atoms with Crippen LogP contribution in [0.1, 0.15) is 36.0 Å². The topological polar surface area (TPSA) is 40.5 Å². The number of halogens is 2. The highest BCUT2D eigenvalue weighted by Gasteiger charge is 2.42. The van der Waals surface area contributed by atoms with Crippen molar-refractivity contribution >= 4 is 21.8 Å². The molecule has 2 aliphatic rings. The highest BCUT2D eigenvalue weighted by atomic mass is 79.9. The van der Waals surface area contributed by atoms with Crippen molar-refractivity contribution in [3.63, 3.8) is 0 Å². The Bertz CT molecular complexity index is 508. The molecule has 0 spiro atoms. The second-order valence-electron chi connectivity index (χ2n) is 5.35. The Morgan fingerprint density at radius 1 is 1.32 bits per heavy atom. The van der Waals surface area contributed by atoms with E-state index in [0.717, 1.165) is 12.8 Å². The molecule has 102 valence electrons. The molecule has 1 aromatic carbocycles. The molecule has 2 atom stereocenters. The van der Waals surface area contributed by atoms with E-state index in [0.29, 0.717) is 22.9 Å². The maximum absolute atomic E-state index is 13.2. The molecule has 2 unspecified atom stereocenters. The summed E-state index contributed by atoms with van der Waals surface area (Å²) in [6.07, 6.45) is 2.93. The quantitative estimate of drug-likeness (QED) is 0.861. The minimum absolute atomic E-state index is 0.0555. The summed E-state index contributed by atoms with van der Waals surface area (Å²) in [7, 11) is 0. The normalized spacial score (nSPS) is 29.6. The van der Waals surface area contributed by atoms with Gasteiger partial charge in [0.2, 0.25) is 0 Å². The van der Waals surface area contributed by atoms with Gasteiger partial charge in [0.15, 0.2) is 0 Å². The van der Waals surface area contributed by atoms with Crippen LogP contribution in [-0.4, -0.2) is 34.1 Å². The number of fused-ring (bicyclic) bond motifs is 2. The Hall–Kier alpha value is -0.940. The summed E-state index contributed by atoms with van der Waals surface area (Å²) in [5, 5.41) is 9.75. The van der Waals surface area contributed by atoms with E-state index >= 15 is 0 Å². The second-order valence-corrected chi connectivity index (χ2v) is 6.21. The van der Waals surface area contributed by atoms with Gasteiger partial charge in [0.05, 0.1) is 10.6 Å². The summed E-state index contributed by atoms with van der Waals surface area (Å²) >= 11 is 3.11. The van der Waals surface area contributed by atoms with E-state index in [1.54, 1.807) is 0 Å². The van der Waals surface area contributed by atoms with Gasteiger partial charge >= 0.3 is 0 Å². The number of piperidine rings is 1. The Morgan fingerprint density at radius 3 is 2.53 bits per heavy atom. The molecule has 0 saturated carbocycles. The fourth-order valence-corrected chi connectivity index (χ4v) is 3.64. The first-order valence-corrected chi connectivity index (χ1v) is 7.31. The van der Waals surface area contributed by atoms with Crippen LogP contribution in [0.25, 0.3) is 0 Å². The van der Waals surface area contributed by atoms with Crippen molar-refractivity contribution in [3.8, 4) is 0 Å². The molecule has 1 aromatic rings. The van der Waals surface area contributed by atoms with Crippen LogP contribution in [0.2, 0.25) is 0 Å². The molecule has 0 aromatic heterocycles. The minimum Gasteiger partial charge on any atom is -0.393 e. The van der Waals surface area contributed by atoms with Crippen LogP contribution in [0.5, 0.6) is 0 Å². The van der Waals surface area contributed by atoms with Crippen molar-refractivity contribution in [2.24, 2.45) is 0 Å². The third kappa shape index (κ3) is 2.30. The largest absolute Gasteiger partial charge is 0.393 e. The molecule has 0 radical (unpaired) electrons. The van der Waals surface area contributed by atoms with Crippen LogP contribution < -0.4 is 0 Å². The van der Waals surface area contributed by atoms with Gasteiger partial charge in [0.25, 0.3) is 5.91 Å². The van der Waals surface area contributed by atoms with E-state index in [9.17, 15) is 14.3 Å². The number of rotatable bonds is 1. The van der Waals surface area contributed by atoms with E-state index in [2.05, 4.69) is 15.9 Å². The first kappa shape index (κ1) is 13.1. The van der Waals surface area contributed by atoms with Gasteiger partial charge in [-0.05, 0) is 59.8 Å². The zero-order chi connectivity index (χ0) is 13.6. The van der Waals surface area contributed by atoms with E-state index in [4.69, 9.17) is 0 Å². The molecule has 3 rings (SSSR count). The zero-order valence-electron chi connectivity index (χ0n) is 10.4. The molecule has 1 N–H and O–H groups in total. The molecular weight excluding hydrogens is 313 g/mol. The number of aliphatic hydroxyl groups excluding tert-OH is 1. The van der Waals surface area contributed by atoms with Crippen molar-refractivity contribution in [1.29, 1.82) is 0 Å². The number of amides is 1. The monoisotopic (exact) mass is 327 g/mol. The van der Waals surface area contributed by atoms with Crippen molar-refractivity contribution in [3.05, 3.63) is 34.1 Å². The van der Waals surface area contributed by atoms with Gasteiger partial charge in [0, 0.05) is 17.6 Å². The number of hydrogen-bond acceptors (Lipinski definition) is 2. The smallest absolute Gasteiger partial charge is 0.254 e. The summed E-state index contributed by atoms with van der Waals surface area (Å²) < 4.78 is 13.5. The number of hydrogen-bond donors (Lipinski definition) is 1. The van der Waals surface area contributed by atoms with E-state index in [1.807, 2.05) is 4.90 Å². The maximum atomic E-state index is 13.2. The van der Waals surface area contributed by atoms with Gasteiger partial charge in [0.1, 0.15) is 5.82 Å². The van der Waals surface area contributed by atoms with Crippen LogP contribution in [0.3, 0.4) is 0 Å². The van der Waals surface area contributed by atoms with Crippen molar-refractivity contribution in [2.45, 2.75) is 43.9 Å². The third-order valence-electron chi connectivity index (χ3n) is 4.11. The van der Waals surface area contributed by atoms with Crippen LogP contribution in [0, 0.1) is 5.82 Å². The number of aliphatic hydroxyl groups is 1. The Labute approximate surface area is 119 Å². The molecule has 1 amide bonds. The lowest BCUT2D eigenvalue weighted by atomic mass is 9.99. The maximum Gasteiger partial charge on any atom is 0.254 e. The summed E-state index contributed by atoms with van der Waals surface area (Å²) in [6.45, 7) is 0. The lowest BCUT2D eigenvalue weighted by Gasteiger charge is -2.37. The standard InChI is InChI=1S/C14H15BrFNO2/c15-12-5-8(1-4-13(12)16)14(19)17-9-2-3-10(17)7-11(18)6-9/h1,4-5,9-11,18H,2-3,6-7H2. The lowest BCUT2D eigenvalue weighted by Crippen LogP contribution is -2.48. The van der Waals surface area contributed by atoms with Gasteiger partial charge in [-0.25, -0.2) is 4.39 Å². The molecule has 2 aliphatic heterocycles. The molecule has 2 fully saturated rings. The summed E-state index contributed by atoms with van der Waals surface area (Å²) in [5.74, 6) is -0.423. The van der Waals surface area contributed by atoms with Gasteiger partial charge in [-0.15, -0.1) is 0 Å². The second kappa shape index (κ2) is 4.87. The molecule has 2 saturated heterocycles. The van der Waals surface area contributed by atoms with Crippen molar-refractivity contribution in [2.75, 3.05) is 0 Å². The molecule has 2 bridgehead atoms. The number of carbonyl (C=O) groups is 1. The molecule has 5 heteroatoms. The average Bonchev–Trinajstić information content (AvgIpc) is 2.64. The Balaban J connectivity index is 1.86. The van der Waals surface area contributed by atoms with E-state index in [1.165, 1.54) is 18.2 Å². The van der Waals surface area contributed by atoms with E-state index in [-0.39, 0.29) is 29.9 Å². The SMILES string of the molecule is O=C(c1ccc(F)c(Br)c1)N1C2CCC1CC(O)C2. The molecule has 3 nitrogen and oxygen atoms in total. The molecular formula is C14H15BrFNO2. The van der Waals surface area contributed by atoms with Crippen LogP contribution in [0.15, 0.2) is 22.7 Å². The average molecular weight is 328 g/mol. The van der Waals surface area contributed by atoms with E-state index < -0.39 is 0 Å².